The van der Waals surface area contributed by atoms with Crippen LogP contribution < -0.4 is 5.32 Å². The lowest BCUT2D eigenvalue weighted by Crippen LogP contribution is -2.12. The number of hydrogen-bond donors (Lipinski definition) is 1. The predicted octanol–water partition coefficient (Wildman–Crippen LogP) is 3.26. The fourth-order valence-electron chi connectivity index (χ4n) is 2.27. The normalized spacial score (nSPS) is 11.2. The molecule has 0 spiro atoms. The first-order valence-electron chi connectivity index (χ1n) is 6.54. The molecule has 0 aliphatic rings. The number of nitrogens with zero attached hydrogens (tertiary/aromatic N) is 2. The Labute approximate surface area is 116 Å². The Hall–Kier alpha value is -1.65. The molecular weight excluding hydrogens is 254 g/mol. The quantitative estimate of drug-likeness (QED) is 0.772. The van der Waals surface area contributed by atoms with Gasteiger partial charge in [0.25, 0.3) is 0 Å². The zero-order valence-corrected chi connectivity index (χ0v) is 11.8. The Kier molecular flexibility index (Phi) is 3.62. The number of rotatable bonds is 5. The Morgan fingerprint density at radius 3 is 3.00 bits per heavy atom. The fraction of sp³-hybridized carbons (Fsp3) is 0.267. The van der Waals surface area contributed by atoms with E-state index in [9.17, 15) is 0 Å². The van der Waals surface area contributed by atoms with Gasteiger partial charge in [-0.1, -0.05) is 25.1 Å². The monoisotopic (exact) mass is 271 g/mol. The minimum atomic E-state index is 0.894. The van der Waals surface area contributed by atoms with Gasteiger partial charge in [-0.05, 0) is 23.6 Å². The molecule has 4 heteroatoms. The summed E-state index contributed by atoms with van der Waals surface area (Å²) in [5.74, 6) is 0. The van der Waals surface area contributed by atoms with Gasteiger partial charge in [0, 0.05) is 28.5 Å². The predicted molar refractivity (Wildman–Crippen MR) is 80.5 cm³/mol. The number of aromatic nitrogens is 2. The third-order valence-electron chi connectivity index (χ3n) is 3.22. The van der Waals surface area contributed by atoms with Crippen LogP contribution in [0.15, 0.2) is 43.0 Å². The number of thiophene rings is 1. The van der Waals surface area contributed by atoms with Gasteiger partial charge in [0.15, 0.2) is 0 Å². The molecule has 0 fully saturated rings. The van der Waals surface area contributed by atoms with Crippen molar-refractivity contribution in [3.8, 4) is 0 Å². The smallest absolute Gasteiger partial charge is 0.0949 e. The molecule has 3 aromatic rings. The van der Waals surface area contributed by atoms with Crippen LogP contribution in [0.4, 0.5) is 0 Å². The molecule has 0 unspecified atom stereocenters. The molecule has 98 valence electrons. The lowest BCUT2D eigenvalue weighted by atomic mass is 10.1. The second kappa shape index (κ2) is 5.55. The first-order valence-corrected chi connectivity index (χ1v) is 7.36. The molecule has 1 N–H and O–H groups in total. The van der Waals surface area contributed by atoms with Crippen molar-refractivity contribution in [3.63, 3.8) is 0 Å². The zero-order valence-electron chi connectivity index (χ0n) is 11.0. The average molecular weight is 271 g/mol. The van der Waals surface area contributed by atoms with Gasteiger partial charge < -0.3 is 9.88 Å². The molecule has 3 rings (SSSR count). The van der Waals surface area contributed by atoms with E-state index in [1.165, 1.54) is 20.5 Å². The van der Waals surface area contributed by atoms with E-state index in [1.807, 2.05) is 30.1 Å². The first-order chi connectivity index (χ1) is 9.38. The maximum atomic E-state index is 4.13. The SMILES string of the molecule is CCNCc1sc2ccccc2c1Cn1ccnc1. The number of imidazole rings is 1. The van der Waals surface area contributed by atoms with Crippen LogP contribution in [0.3, 0.4) is 0 Å². The van der Waals surface area contributed by atoms with Crippen molar-refractivity contribution in [2.75, 3.05) is 6.54 Å². The van der Waals surface area contributed by atoms with Gasteiger partial charge in [0.2, 0.25) is 0 Å². The van der Waals surface area contributed by atoms with Crippen molar-refractivity contribution in [3.05, 3.63) is 53.4 Å². The lowest BCUT2D eigenvalue weighted by molar-refractivity contribution is 0.720. The Morgan fingerprint density at radius 1 is 1.32 bits per heavy atom. The average Bonchev–Trinajstić information content (AvgIpc) is 3.06. The molecule has 1 aromatic carbocycles. The van der Waals surface area contributed by atoms with Crippen LogP contribution in [-0.2, 0) is 13.1 Å². The minimum Gasteiger partial charge on any atom is -0.333 e. The summed E-state index contributed by atoms with van der Waals surface area (Å²) in [6, 6.07) is 8.64. The maximum Gasteiger partial charge on any atom is 0.0949 e. The van der Waals surface area contributed by atoms with Crippen LogP contribution in [0.2, 0.25) is 0 Å². The van der Waals surface area contributed by atoms with Crippen LogP contribution in [-0.4, -0.2) is 16.1 Å². The third kappa shape index (κ3) is 2.55. The van der Waals surface area contributed by atoms with E-state index < -0.39 is 0 Å². The van der Waals surface area contributed by atoms with Gasteiger partial charge in [-0.25, -0.2) is 4.98 Å². The third-order valence-corrected chi connectivity index (χ3v) is 4.43. The molecule has 0 amide bonds. The lowest BCUT2D eigenvalue weighted by Gasteiger charge is -2.06. The van der Waals surface area contributed by atoms with Crippen LogP contribution >= 0.6 is 11.3 Å². The van der Waals surface area contributed by atoms with Crippen LogP contribution in [0.1, 0.15) is 17.4 Å². The van der Waals surface area contributed by atoms with E-state index in [-0.39, 0.29) is 0 Å². The minimum absolute atomic E-state index is 0.894. The molecule has 0 aliphatic heterocycles. The molecule has 2 aromatic heterocycles. The second-order valence-corrected chi connectivity index (χ2v) is 5.65. The zero-order chi connectivity index (χ0) is 13.1. The molecule has 3 nitrogen and oxygen atoms in total. The van der Waals surface area contributed by atoms with Crippen molar-refractivity contribution in [1.29, 1.82) is 0 Å². The molecular formula is C15H17N3S. The van der Waals surface area contributed by atoms with Crippen molar-refractivity contribution < 1.29 is 0 Å². The molecule has 19 heavy (non-hydrogen) atoms. The Balaban J connectivity index is 2.02. The summed E-state index contributed by atoms with van der Waals surface area (Å²) in [6.45, 7) is 4.98. The molecule has 0 bridgehead atoms. The van der Waals surface area contributed by atoms with Gasteiger partial charge >= 0.3 is 0 Å². The number of benzene rings is 1. The van der Waals surface area contributed by atoms with E-state index in [2.05, 4.69) is 46.1 Å². The molecule has 0 radical (unpaired) electrons. The van der Waals surface area contributed by atoms with Crippen molar-refractivity contribution >= 4 is 21.4 Å². The summed E-state index contributed by atoms with van der Waals surface area (Å²) < 4.78 is 3.50. The van der Waals surface area contributed by atoms with Crippen LogP contribution in [0.25, 0.3) is 10.1 Å². The van der Waals surface area contributed by atoms with Crippen LogP contribution in [0, 0.1) is 0 Å². The number of fused-ring (bicyclic) bond motifs is 1. The van der Waals surface area contributed by atoms with Crippen molar-refractivity contribution in [1.82, 2.24) is 14.9 Å². The first kappa shape index (κ1) is 12.4. The summed E-state index contributed by atoms with van der Waals surface area (Å²) in [6.07, 6.45) is 5.73. The summed E-state index contributed by atoms with van der Waals surface area (Å²) in [5.41, 5.74) is 1.42. The molecule has 0 saturated heterocycles. The van der Waals surface area contributed by atoms with E-state index >= 15 is 0 Å². The summed E-state index contributed by atoms with van der Waals surface area (Å²) >= 11 is 1.89. The highest BCUT2D eigenvalue weighted by atomic mass is 32.1. The standard InChI is InChI=1S/C15H17N3S/c1-2-16-9-15-13(10-18-8-7-17-11-18)12-5-3-4-6-14(12)19-15/h3-8,11,16H,2,9-10H2,1H3. The van der Waals surface area contributed by atoms with Crippen LogP contribution in [0.5, 0.6) is 0 Å². The molecule has 0 aliphatic carbocycles. The van der Waals surface area contributed by atoms with E-state index in [0.29, 0.717) is 0 Å². The highest BCUT2D eigenvalue weighted by Crippen LogP contribution is 2.31. The highest BCUT2D eigenvalue weighted by Gasteiger charge is 2.11. The van der Waals surface area contributed by atoms with E-state index in [1.54, 1.807) is 0 Å². The van der Waals surface area contributed by atoms with Gasteiger partial charge in [0.1, 0.15) is 0 Å². The number of nitrogens with one attached hydrogen (secondary N) is 1. The van der Waals surface area contributed by atoms with E-state index in [0.717, 1.165) is 19.6 Å². The Morgan fingerprint density at radius 2 is 2.21 bits per heavy atom. The fourth-order valence-corrected chi connectivity index (χ4v) is 3.45. The number of hydrogen-bond acceptors (Lipinski definition) is 3. The Bertz CT molecular complexity index is 655. The summed E-state index contributed by atoms with van der Waals surface area (Å²) in [5, 5.41) is 4.80. The molecule has 2 heterocycles. The van der Waals surface area contributed by atoms with Gasteiger partial charge in [0.05, 0.1) is 12.9 Å². The molecule has 0 saturated carbocycles. The summed E-state index contributed by atoms with van der Waals surface area (Å²) in [4.78, 5) is 5.55. The van der Waals surface area contributed by atoms with Crippen molar-refractivity contribution in [2.24, 2.45) is 0 Å². The van der Waals surface area contributed by atoms with Gasteiger partial charge in [-0.3, -0.25) is 0 Å². The summed E-state index contributed by atoms with van der Waals surface area (Å²) in [7, 11) is 0. The van der Waals surface area contributed by atoms with Gasteiger partial charge in [-0.15, -0.1) is 11.3 Å². The van der Waals surface area contributed by atoms with Gasteiger partial charge in [-0.2, -0.15) is 0 Å². The molecule has 0 atom stereocenters. The topological polar surface area (TPSA) is 29.9 Å². The second-order valence-electron chi connectivity index (χ2n) is 4.52. The maximum absolute atomic E-state index is 4.13. The highest BCUT2D eigenvalue weighted by molar-refractivity contribution is 7.19. The van der Waals surface area contributed by atoms with Crippen molar-refractivity contribution in [2.45, 2.75) is 20.0 Å². The van der Waals surface area contributed by atoms with E-state index in [4.69, 9.17) is 0 Å². The largest absolute Gasteiger partial charge is 0.333 e.